The van der Waals surface area contributed by atoms with Crippen molar-refractivity contribution in [2.24, 2.45) is 11.8 Å². The summed E-state index contributed by atoms with van der Waals surface area (Å²) >= 11 is 14.6. The van der Waals surface area contributed by atoms with Gasteiger partial charge in [-0.1, -0.05) is 27.7 Å². The second-order valence-electron chi connectivity index (χ2n) is 9.22. The predicted octanol–water partition coefficient (Wildman–Crippen LogP) is 7.85. The lowest BCUT2D eigenvalue weighted by atomic mass is 9.78. The first kappa shape index (κ1) is 29.1. The molecule has 0 bridgehead atoms. The number of hydrogen-bond donors (Lipinski definition) is 2. The third-order valence-electron chi connectivity index (χ3n) is 6.07. The third-order valence-corrected chi connectivity index (χ3v) is 8.42. The Morgan fingerprint density at radius 2 is 0.939 bits per heavy atom. The van der Waals surface area contributed by atoms with E-state index in [1.165, 1.54) is 0 Å². The van der Waals surface area contributed by atoms with E-state index in [0.29, 0.717) is 13.2 Å². The molecule has 0 radical (unpaired) electrons. The Balaban J connectivity index is 2.32. The molecular weight excluding hydrogens is 684 g/mol. The Morgan fingerprint density at radius 3 is 1.18 bits per heavy atom. The van der Waals surface area contributed by atoms with Gasteiger partial charge in [0, 0.05) is 17.3 Å². The fourth-order valence-corrected chi connectivity index (χ4v) is 5.82. The Morgan fingerprint density at radius 1 is 0.667 bits per heavy atom. The van der Waals surface area contributed by atoms with Crippen molar-refractivity contribution in [2.75, 3.05) is 13.2 Å². The highest BCUT2D eigenvalue weighted by Gasteiger charge is 2.28. The summed E-state index contributed by atoms with van der Waals surface area (Å²) in [6.07, 6.45) is -0.861. The molecule has 2 rings (SSSR count). The number of rotatable bonds is 10. The summed E-state index contributed by atoms with van der Waals surface area (Å²) in [5, 5.41) is 19.5. The van der Waals surface area contributed by atoms with Crippen molar-refractivity contribution in [3.8, 4) is 11.5 Å². The van der Waals surface area contributed by atoms with E-state index in [4.69, 9.17) is 9.47 Å². The lowest BCUT2D eigenvalue weighted by Gasteiger charge is -2.29. The maximum absolute atomic E-state index is 9.73. The zero-order chi connectivity index (χ0) is 25.1. The molecule has 0 aliphatic rings. The number of aliphatic hydroxyl groups is 2. The van der Waals surface area contributed by atoms with Crippen molar-refractivity contribution >= 4 is 63.7 Å². The summed E-state index contributed by atoms with van der Waals surface area (Å²) in [6.45, 7) is 12.6. The van der Waals surface area contributed by atoms with Gasteiger partial charge in [-0.25, -0.2) is 0 Å². The summed E-state index contributed by atoms with van der Waals surface area (Å²) in [5.74, 6) is 1.50. The SMILES string of the molecule is CC(O)C(C)COc1c(Br)cc(C(C)(C)c2cc(Br)c(OCC(C)C(C)O)c(Br)c2)cc1Br. The van der Waals surface area contributed by atoms with Crippen molar-refractivity contribution in [3.05, 3.63) is 53.3 Å². The molecular formula is C25H32Br4O4. The number of ether oxygens (including phenoxy) is 2. The molecule has 0 spiro atoms. The topological polar surface area (TPSA) is 58.9 Å². The van der Waals surface area contributed by atoms with E-state index < -0.39 is 12.2 Å². The van der Waals surface area contributed by atoms with E-state index in [1.54, 1.807) is 13.8 Å². The van der Waals surface area contributed by atoms with Crippen LogP contribution in [0.5, 0.6) is 11.5 Å². The summed E-state index contributed by atoms with van der Waals surface area (Å²) in [6, 6.07) is 8.29. The first-order valence-corrected chi connectivity index (χ1v) is 14.0. The van der Waals surface area contributed by atoms with E-state index in [2.05, 4.69) is 102 Å². The standard InChI is InChI=1S/C25H32Br4O4/c1-13(15(3)30)11-32-23-19(26)7-17(8-20(23)27)25(5,6)18-9-21(28)24(22(29)10-18)33-12-14(2)16(4)31/h7-10,13-16,30-31H,11-12H2,1-6H3. The lowest BCUT2D eigenvalue weighted by Crippen LogP contribution is -2.22. The maximum Gasteiger partial charge on any atom is 0.147 e. The van der Waals surface area contributed by atoms with Crippen LogP contribution in [-0.2, 0) is 5.41 Å². The van der Waals surface area contributed by atoms with Gasteiger partial charge in [0.15, 0.2) is 0 Å². The van der Waals surface area contributed by atoms with Gasteiger partial charge < -0.3 is 19.7 Å². The maximum atomic E-state index is 9.73. The average molecular weight is 716 g/mol. The Hall–Kier alpha value is -0.120. The molecule has 4 unspecified atom stereocenters. The Labute approximate surface area is 231 Å². The minimum atomic E-state index is -0.431. The van der Waals surface area contributed by atoms with Gasteiger partial charge in [-0.2, -0.15) is 0 Å². The van der Waals surface area contributed by atoms with Crippen molar-refractivity contribution < 1.29 is 19.7 Å². The molecule has 4 atom stereocenters. The fraction of sp³-hybridized carbons (Fsp3) is 0.520. The summed E-state index contributed by atoms with van der Waals surface area (Å²) < 4.78 is 15.4. The van der Waals surface area contributed by atoms with Crippen molar-refractivity contribution in [1.82, 2.24) is 0 Å². The molecule has 2 aromatic rings. The van der Waals surface area contributed by atoms with E-state index >= 15 is 0 Å². The number of hydrogen-bond acceptors (Lipinski definition) is 4. The minimum Gasteiger partial charge on any atom is -0.491 e. The van der Waals surface area contributed by atoms with Crippen molar-refractivity contribution in [2.45, 2.75) is 59.2 Å². The first-order valence-electron chi connectivity index (χ1n) is 10.9. The highest BCUT2D eigenvalue weighted by atomic mass is 79.9. The predicted molar refractivity (Wildman–Crippen MR) is 148 cm³/mol. The second kappa shape index (κ2) is 12.2. The van der Waals surface area contributed by atoms with E-state index in [-0.39, 0.29) is 17.3 Å². The van der Waals surface area contributed by atoms with Gasteiger partial charge in [-0.05, 0) is 113 Å². The highest BCUT2D eigenvalue weighted by Crippen LogP contribution is 2.44. The number of benzene rings is 2. The molecule has 2 N–H and O–H groups in total. The van der Waals surface area contributed by atoms with Crippen LogP contribution in [0.2, 0.25) is 0 Å². The number of halogens is 4. The molecule has 8 heteroatoms. The van der Waals surface area contributed by atoms with Gasteiger partial charge in [0.1, 0.15) is 11.5 Å². The highest BCUT2D eigenvalue weighted by molar-refractivity contribution is 9.11. The summed E-state index contributed by atoms with van der Waals surface area (Å²) in [7, 11) is 0. The summed E-state index contributed by atoms with van der Waals surface area (Å²) in [4.78, 5) is 0. The molecule has 0 fully saturated rings. The molecule has 0 aliphatic carbocycles. The monoisotopic (exact) mass is 712 g/mol. The lowest BCUT2D eigenvalue weighted by molar-refractivity contribution is 0.0984. The second-order valence-corrected chi connectivity index (χ2v) is 12.6. The molecule has 0 saturated heterocycles. The molecule has 0 heterocycles. The van der Waals surface area contributed by atoms with Crippen molar-refractivity contribution in [1.29, 1.82) is 0 Å². The zero-order valence-electron chi connectivity index (χ0n) is 19.8. The Bertz CT molecular complexity index is 838. The van der Waals surface area contributed by atoms with Gasteiger partial charge in [0.2, 0.25) is 0 Å². The van der Waals surface area contributed by atoms with Crippen LogP contribution in [0.1, 0.15) is 52.7 Å². The van der Waals surface area contributed by atoms with Gasteiger partial charge in [0.05, 0.1) is 43.3 Å². The molecule has 2 aromatic carbocycles. The van der Waals surface area contributed by atoms with Crippen LogP contribution in [0.15, 0.2) is 42.2 Å². The molecule has 0 saturated carbocycles. The third kappa shape index (κ3) is 7.43. The van der Waals surface area contributed by atoms with Gasteiger partial charge in [-0.15, -0.1) is 0 Å². The van der Waals surface area contributed by atoms with Crippen LogP contribution >= 0.6 is 63.7 Å². The normalized spacial score (nSPS) is 15.6. The van der Waals surface area contributed by atoms with Crippen LogP contribution in [0.3, 0.4) is 0 Å². The smallest absolute Gasteiger partial charge is 0.147 e. The van der Waals surface area contributed by atoms with Gasteiger partial charge in [-0.3, -0.25) is 0 Å². The minimum absolute atomic E-state index is 0.0268. The van der Waals surface area contributed by atoms with Gasteiger partial charge >= 0.3 is 0 Å². The molecule has 0 amide bonds. The van der Waals surface area contributed by atoms with E-state index in [9.17, 15) is 10.2 Å². The van der Waals surface area contributed by atoms with Crippen LogP contribution in [0.25, 0.3) is 0 Å². The largest absolute Gasteiger partial charge is 0.491 e. The van der Waals surface area contributed by atoms with E-state index in [0.717, 1.165) is 40.5 Å². The zero-order valence-corrected chi connectivity index (χ0v) is 26.1. The average Bonchev–Trinajstić information content (AvgIpc) is 2.71. The first-order chi connectivity index (χ1) is 15.2. The molecule has 0 aliphatic heterocycles. The van der Waals surface area contributed by atoms with Crippen LogP contribution in [-0.4, -0.2) is 35.6 Å². The molecule has 4 nitrogen and oxygen atoms in total. The van der Waals surface area contributed by atoms with Gasteiger partial charge in [0.25, 0.3) is 0 Å². The molecule has 184 valence electrons. The van der Waals surface area contributed by atoms with Crippen LogP contribution < -0.4 is 9.47 Å². The summed E-state index contributed by atoms with van der Waals surface area (Å²) in [5.41, 5.74) is 1.90. The van der Waals surface area contributed by atoms with Crippen molar-refractivity contribution in [3.63, 3.8) is 0 Å². The molecule has 0 aromatic heterocycles. The van der Waals surface area contributed by atoms with Crippen LogP contribution in [0.4, 0.5) is 0 Å². The fourth-order valence-electron chi connectivity index (χ4n) is 2.99. The molecule has 33 heavy (non-hydrogen) atoms. The number of aliphatic hydroxyl groups excluding tert-OH is 2. The Kier molecular flexibility index (Phi) is 10.8. The quantitative estimate of drug-likeness (QED) is 0.263. The van der Waals surface area contributed by atoms with E-state index in [1.807, 2.05) is 13.8 Å². The van der Waals surface area contributed by atoms with Crippen LogP contribution in [0, 0.1) is 11.8 Å².